The van der Waals surface area contributed by atoms with Crippen LogP contribution in [0.4, 0.5) is 21.0 Å². The quantitative estimate of drug-likeness (QED) is 0.512. The van der Waals surface area contributed by atoms with E-state index in [1.807, 2.05) is 0 Å². The Morgan fingerprint density at radius 1 is 1.60 bits per heavy atom. The highest BCUT2D eigenvalue weighted by Crippen LogP contribution is 2.26. The highest BCUT2D eigenvalue weighted by Gasteiger charge is 2.16. The summed E-state index contributed by atoms with van der Waals surface area (Å²) in [6.45, 7) is 0. The van der Waals surface area contributed by atoms with Crippen molar-refractivity contribution < 1.29 is 9.31 Å². The van der Waals surface area contributed by atoms with Crippen LogP contribution in [0.5, 0.6) is 0 Å². The van der Waals surface area contributed by atoms with Crippen LogP contribution in [0.3, 0.4) is 0 Å². The molecule has 0 aliphatic rings. The molecule has 0 unspecified atom stereocenters. The lowest BCUT2D eigenvalue weighted by molar-refractivity contribution is -0.384. The molecule has 104 valence electrons. The lowest BCUT2D eigenvalue weighted by Crippen LogP contribution is -1.97. The number of rotatable bonds is 4. The van der Waals surface area contributed by atoms with E-state index in [0.717, 1.165) is 18.3 Å². The minimum Gasteiger partial charge on any atom is -0.383 e. The smallest absolute Gasteiger partial charge is 0.288 e. The molecule has 0 radical (unpaired) electrons. The first-order valence-corrected chi connectivity index (χ1v) is 6.36. The van der Waals surface area contributed by atoms with Crippen LogP contribution in [0.15, 0.2) is 22.6 Å². The molecule has 0 saturated heterocycles. The number of anilines is 2. The molecule has 0 spiro atoms. The van der Waals surface area contributed by atoms with Crippen LogP contribution in [0.2, 0.25) is 5.02 Å². The van der Waals surface area contributed by atoms with E-state index >= 15 is 0 Å². The number of nitro groups is 1. The number of benzene rings is 1. The molecule has 0 bridgehead atoms. The fraction of sp³-hybridized carbons (Fsp3) is 0. The predicted molar refractivity (Wildman–Crippen MR) is 75.8 cm³/mol. The molecule has 0 amide bonds. The largest absolute Gasteiger partial charge is 0.383 e. The number of nitrogens with one attached hydrogen (secondary N) is 1. The Hall–Kier alpha value is -2.26. The Balaban J connectivity index is 2.20. The van der Waals surface area contributed by atoms with Gasteiger partial charge in [0.1, 0.15) is 16.7 Å². The van der Waals surface area contributed by atoms with E-state index < -0.39 is 16.4 Å². The fourth-order valence-electron chi connectivity index (χ4n) is 1.29. The lowest BCUT2D eigenvalue weighted by Gasteiger charge is -1.99. The number of nitrogens with two attached hydrogens (primary N) is 1. The molecule has 0 fully saturated rings. The number of hydrazone groups is 1. The van der Waals surface area contributed by atoms with Crippen molar-refractivity contribution >= 4 is 45.8 Å². The number of nitrogen functional groups attached to an aromatic ring is 1. The Morgan fingerprint density at radius 2 is 2.35 bits per heavy atom. The molecule has 2 rings (SSSR count). The second kappa shape index (κ2) is 5.80. The minimum absolute atomic E-state index is 0.0712. The van der Waals surface area contributed by atoms with Gasteiger partial charge in [0.2, 0.25) is 5.13 Å². The summed E-state index contributed by atoms with van der Waals surface area (Å²) in [5.41, 5.74) is 7.48. The van der Waals surface area contributed by atoms with Gasteiger partial charge in [0.25, 0.3) is 5.69 Å². The summed E-state index contributed by atoms with van der Waals surface area (Å²) in [6, 6.07) is 1.86. The summed E-state index contributed by atoms with van der Waals surface area (Å²) in [5, 5.41) is 16.2. The van der Waals surface area contributed by atoms with Crippen molar-refractivity contribution in [3.63, 3.8) is 0 Å². The minimum atomic E-state index is -0.718. The van der Waals surface area contributed by atoms with Crippen molar-refractivity contribution in [3.05, 3.63) is 44.0 Å². The molecule has 3 N–H and O–H groups in total. The highest BCUT2D eigenvalue weighted by molar-refractivity contribution is 7.14. The zero-order chi connectivity index (χ0) is 14.7. The van der Waals surface area contributed by atoms with Crippen molar-refractivity contribution in [2.24, 2.45) is 5.10 Å². The van der Waals surface area contributed by atoms with Crippen molar-refractivity contribution in [1.29, 1.82) is 0 Å². The van der Waals surface area contributed by atoms with E-state index in [-0.39, 0.29) is 10.6 Å². The van der Waals surface area contributed by atoms with Gasteiger partial charge in [-0.3, -0.25) is 15.5 Å². The third-order valence-corrected chi connectivity index (χ3v) is 3.22. The van der Waals surface area contributed by atoms with Crippen molar-refractivity contribution in [2.75, 3.05) is 11.2 Å². The van der Waals surface area contributed by atoms with Crippen molar-refractivity contribution in [2.45, 2.75) is 0 Å². The van der Waals surface area contributed by atoms with E-state index in [1.165, 1.54) is 11.3 Å². The van der Waals surface area contributed by atoms with E-state index in [4.69, 9.17) is 17.3 Å². The number of hydrogen-bond acceptors (Lipinski definition) is 7. The number of nitro benzene ring substituents is 1. The Labute approximate surface area is 121 Å². The number of hydrogen-bond donors (Lipinski definition) is 2. The fourth-order valence-corrected chi connectivity index (χ4v) is 2.06. The summed E-state index contributed by atoms with van der Waals surface area (Å²) in [6.07, 6.45) is 1.09. The van der Waals surface area contributed by atoms with Crippen LogP contribution in [0.1, 0.15) is 5.56 Å². The highest BCUT2D eigenvalue weighted by atomic mass is 35.5. The van der Waals surface area contributed by atoms with Crippen LogP contribution in [-0.4, -0.2) is 16.1 Å². The Bertz CT molecular complexity index is 690. The summed E-state index contributed by atoms with van der Waals surface area (Å²) in [7, 11) is 0. The van der Waals surface area contributed by atoms with Gasteiger partial charge in [-0.2, -0.15) is 5.10 Å². The Morgan fingerprint density at radius 3 is 2.95 bits per heavy atom. The molecule has 1 heterocycles. The molecule has 0 aliphatic carbocycles. The van der Waals surface area contributed by atoms with Gasteiger partial charge in [-0.15, -0.1) is 11.3 Å². The van der Waals surface area contributed by atoms with Crippen molar-refractivity contribution in [3.8, 4) is 0 Å². The molecule has 20 heavy (non-hydrogen) atoms. The van der Waals surface area contributed by atoms with Gasteiger partial charge in [-0.05, 0) is 0 Å². The van der Waals surface area contributed by atoms with Crippen LogP contribution in [0.25, 0.3) is 0 Å². The van der Waals surface area contributed by atoms with Gasteiger partial charge in [-0.25, -0.2) is 9.37 Å². The van der Waals surface area contributed by atoms with Crippen molar-refractivity contribution in [1.82, 2.24) is 4.98 Å². The molecular weight excluding hydrogens is 309 g/mol. The molecular formula is C10H7ClFN5O2S. The number of thiazole rings is 1. The van der Waals surface area contributed by atoms with E-state index in [2.05, 4.69) is 15.5 Å². The SMILES string of the molecule is Nc1csc(NN=Cc2cc([N+](=O)[O-])c(Cl)cc2F)n1. The summed E-state index contributed by atoms with van der Waals surface area (Å²) < 4.78 is 13.6. The molecule has 0 aliphatic heterocycles. The van der Waals surface area contributed by atoms with E-state index in [9.17, 15) is 14.5 Å². The maximum absolute atomic E-state index is 13.6. The molecule has 0 atom stereocenters. The number of aromatic nitrogens is 1. The second-order valence-corrected chi connectivity index (χ2v) is 4.80. The zero-order valence-electron chi connectivity index (χ0n) is 9.71. The van der Waals surface area contributed by atoms with E-state index in [0.29, 0.717) is 10.9 Å². The third kappa shape index (κ3) is 3.19. The van der Waals surface area contributed by atoms with Gasteiger partial charge in [-0.1, -0.05) is 11.6 Å². The second-order valence-electron chi connectivity index (χ2n) is 3.53. The average molecular weight is 316 g/mol. The normalized spacial score (nSPS) is 10.9. The summed E-state index contributed by atoms with van der Waals surface area (Å²) >= 11 is 6.78. The molecule has 2 aromatic rings. The lowest BCUT2D eigenvalue weighted by atomic mass is 10.2. The number of halogens is 2. The van der Waals surface area contributed by atoms with Gasteiger partial charge >= 0.3 is 0 Å². The van der Waals surface area contributed by atoms with Gasteiger partial charge in [0.05, 0.1) is 11.1 Å². The van der Waals surface area contributed by atoms with Gasteiger partial charge in [0, 0.05) is 23.1 Å². The predicted octanol–water partition coefficient (Wildman–Crippen LogP) is 2.87. The molecule has 1 aromatic carbocycles. The summed E-state index contributed by atoms with van der Waals surface area (Å²) in [4.78, 5) is 13.9. The standard InChI is InChI=1S/C10H7ClFN5O2S/c11-6-2-7(12)5(1-8(6)17(18)19)3-14-16-10-15-9(13)4-20-10/h1-4H,13H2,(H,15,16). The Kier molecular flexibility index (Phi) is 4.11. The zero-order valence-corrected chi connectivity index (χ0v) is 11.3. The average Bonchev–Trinajstić information content (AvgIpc) is 2.77. The van der Waals surface area contributed by atoms with Gasteiger partial charge < -0.3 is 5.73 Å². The van der Waals surface area contributed by atoms with Crippen LogP contribution in [-0.2, 0) is 0 Å². The molecule has 0 saturated carbocycles. The first kappa shape index (κ1) is 14.2. The summed E-state index contributed by atoms with van der Waals surface area (Å²) in [5.74, 6) is -0.384. The molecule has 7 nitrogen and oxygen atoms in total. The van der Waals surface area contributed by atoms with E-state index in [1.54, 1.807) is 5.38 Å². The van der Waals surface area contributed by atoms with Gasteiger partial charge in [0.15, 0.2) is 0 Å². The first-order chi connectivity index (χ1) is 9.47. The topological polar surface area (TPSA) is 106 Å². The maximum Gasteiger partial charge on any atom is 0.288 e. The third-order valence-electron chi connectivity index (χ3n) is 2.15. The maximum atomic E-state index is 13.6. The first-order valence-electron chi connectivity index (χ1n) is 5.11. The van der Waals surface area contributed by atoms with Crippen LogP contribution < -0.4 is 11.2 Å². The van der Waals surface area contributed by atoms with Crippen LogP contribution in [0, 0.1) is 15.9 Å². The molecule has 1 aromatic heterocycles. The monoisotopic (exact) mass is 315 g/mol. The van der Waals surface area contributed by atoms with Crippen LogP contribution >= 0.6 is 22.9 Å². The number of nitrogens with zero attached hydrogens (tertiary/aromatic N) is 3. The molecule has 10 heteroatoms.